The van der Waals surface area contributed by atoms with Crippen molar-refractivity contribution >= 4 is 35.3 Å². The maximum absolute atomic E-state index is 13.2. The van der Waals surface area contributed by atoms with E-state index in [0.717, 1.165) is 18.6 Å². The summed E-state index contributed by atoms with van der Waals surface area (Å²) in [6.07, 6.45) is 5.61. The first kappa shape index (κ1) is 28.9. The van der Waals surface area contributed by atoms with Crippen molar-refractivity contribution in [3.05, 3.63) is 24.2 Å². The number of piperidine rings is 1. The summed E-state index contributed by atoms with van der Waals surface area (Å²) in [5.74, 6) is 1.21. The van der Waals surface area contributed by atoms with Gasteiger partial charge in [0.2, 0.25) is 17.7 Å². The molecule has 0 radical (unpaired) electrons. The van der Waals surface area contributed by atoms with Crippen molar-refractivity contribution in [3.63, 3.8) is 0 Å². The minimum absolute atomic E-state index is 0.0189. The molecule has 1 saturated heterocycles. The van der Waals surface area contributed by atoms with Gasteiger partial charge < -0.3 is 20.0 Å². The number of amides is 3. The molecular weight excluding hydrogens is 466 g/mol. The lowest BCUT2D eigenvalue weighted by Crippen LogP contribution is -2.54. The second-order valence-electron chi connectivity index (χ2n) is 9.71. The number of unbranched alkanes of at least 4 members (excludes halogenated alkanes) is 1. The van der Waals surface area contributed by atoms with Crippen LogP contribution in [0.25, 0.3) is 0 Å². The van der Waals surface area contributed by atoms with Crippen LogP contribution in [-0.2, 0) is 24.9 Å². The molecule has 3 amide bonds. The number of carbonyl (C=O) groups excluding carboxylic acids is 4. The topological polar surface area (TPSA) is 109 Å². The molecule has 2 N–H and O–H groups in total. The number of likely N-dealkylation sites (tertiary alicyclic amines) is 1. The first-order chi connectivity index (χ1) is 16.7. The van der Waals surface area contributed by atoms with Crippen LogP contribution >= 0.6 is 11.8 Å². The molecule has 0 spiro atoms. The lowest BCUT2D eigenvalue weighted by Gasteiger charge is -2.32. The molecule has 2 rings (SSSR count). The van der Waals surface area contributed by atoms with E-state index in [1.807, 2.05) is 32.9 Å². The summed E-state index contributed by atoms with van der Waals surface area (Å²) in [4.78, 5) is 52.4. The maximum Gasteiger partial charge on any atom is 0.243 e. The van der Waals surface area contributed by atoms with Crippen LogP contribution in [0.1, 0.15) is 72.0 Å². The third-order valence-electron chi connectivity index (χ3n) is 6.27. The monoisotopic (exact) mass is 507 g/mol. The molecule has 0 unspecified atom stereocenters. The number of hydrogen-bond acceptors (Lipinski definition) is 6. The fourth-order valence-electron chi connectivity index (χ4n) is 4.19. The quantitative estimate of drug-likeness (QED) is 0.399. The van der Waals surface area contributed by atoms with E-state index in [1.165, 1.54) is 18.7 Å². The van der Waals surface area contributed by atoms with Crippen LogP contribution in [0.2, 0.25) is 0 Å². The summed E-state index contributed by atoms with van der Waals surface area (Å²) in [6.45, 7) is 8.70. The van der Waals surface area contributed by atoms with Crippen molar-refractivity contribution < 1.29 is 23.6 Å². The van der Waals surface area contributed by atoms with E-state index < -0.39 is 12.1 Å². The summed E-state index contributed by atoms with van der Waals surface area (Å²) in [6, 6.07) is 2.42. The Kier molecular flexibility index (Phi) is 12.4. The summed E-state index contributed by atoms with van der Waals surface area (Å²) in [7, 11) is 0. The van der Waals surface area contributed by atoms with Gasteiger partial charge in [-0.3, -0.25) is 19.2 Å². The predicted octanol–water partition coefficient (Wildman–Crippen LogP) is 3.55. The number of carbonyl (C=O) groups is 4. The maximum atomic E-state index is 13.2. The van der Waals surface area contributed by atoms with E-state index in [9.17, 15) is 19.2 Å². The van der Waals surface area contributed by atoms with Gasteiger partial charge in [0, 0.05) is 25.9 Å². The average molecular weight is 508 g/mol. The molecule has 1 aliphatic rings. The number of nitrogens with zero attached hydrogens (tertiary/aromatic N) is 1. The third kappa shape index (κ3) is 10.1. The van der Waals surface area contributed by atoms with Crippen LogP contribution in [0.5, 0.6) is 0 Å². The number of hydrogen-bond donors (Lipinski definition) is 2. The number of thioether (sulfide) groups is 1. The Morgan fingerprint density at radius 3 is 2.43 bits per heavy atom. The second-order valence-corrected chi connectivity index (χ2v) is 10.7. The summed E-state index contributed by atoms with van der Waals surface area (Å²) >= 11 is 1.47. The van der Waals surface area contributed by atoms with E-state index in [1.54, 1.807) is 11.2 Å². The fourth-order valence-corrected chi connectivity index (χ4v) is 5.06. The lowest BCUT2D eigenvalue weighted by atomic mass is 9.94. The molecule has 0 aromatic carbocycles. The van der Waals surface area contributed by atoms with Crippen LogP contribution in [0.4, 0.5) is 0 Å². The normalized spacial score (nSPS) is 16.1. The van der Waals surface area contributed by atoms with Crippen LogP contribution in [0, 0.1) is 11.8 Å². The molecule has 35 heavy (non-hydrogen) atoms. The van der Waals surface area contributed by atoms with Crippen LogP contribution in [-0.4, -0.2) is 59.3 Å². The van der Waals surface area contributed by atoms with Gasteiger partial charge in [-0.25, -0.2) is 0 Å². The van der Waals surface area contributed by atoms with Gasteiger partial charge in [-0.05, 0) is 43.7 Å². The first-order valence-corrected chi connectivity index (χ1v) is 13.9. The van der Waals surface area contributed by atoms with Crippen molar-refractivity contribution in [3.8, 4) is 0 Å². The standard InChI is InChI=1S/C26H41N3O5S/c1-5-6-9-22(24(31)17-35-16-21-8-7-14-34-21)27-26(33)23(15-18(2)3)28-25(32)20-10-12-29(13-11-20)19(4)30/h7-8,14,18,20,22-23H,5-6,9-13,15-17H2,1-4H3,(H,27,33)(H,28,32)/t22-,23-/m0/s1. The van der Waals surface area contributed by atoms with Crippen molar-refractivity contribution in [1.29, 1.82) is 0 Å². The SMILES string of the molecule is CCCC[C@H](NC(=O)[C@H](CC(C)C)NC(=O)C1CCN(C(C)=O)CC1)C(=O)CSCc1ccco1. The molecule has 1 aliphatic heterocycles. The smallest absolute Gasteiger partial charge is 0.243 e. The van der Waals surface area contributed by atoms with E-state index >= 15 is 0 Å². The number of Topliss-reactive ketones (excluding diaryl/α,β-unsaturated/α-hetero) is 1. The molecule has 1 aromatic heterocycles. The number of ketones is 1. The highest BCUT2D eigenvalue weighted by atomic mass is 32.2. The number of nitrogens with one attached hydrogen (secondary N) is 2. The Morgan fingerprint density at radius 2 is 1.86 bits per heavy atom. The first-order valence-electron chi connectivity index (χ1n) is 12.7. The highest BCUT2D eigenvalue weighted by Gasteiger charge is 2.31. The van der Waals surface area contributed by atoms with Crippen molar-refractivity contribution in [2.75, 3.05) is 18.8 Å². The zero-order valence-corrected chi connectivity index (χ0v) is 22.3. The molecule has 0 bridgehead atoms. The zero-order valence-electron chi connectivity index (χ0n) is 21.5. The molecule has 1 aromatic rings. The van der Waals surface area contributed by atoms with E-state index in [4.69, 9.17) is 4.42 Å². The molecule has 8 nitrogen and oxygen atoms in total. The molecule has 0 aliphatic carbocycles. The van der Waals surface area contributed by atoms with Gasteiger partial charge in [0.05, 0.1) is 23.8 Å². The van der Waals surface area contributed by atoms with Crippen molar-refractivity contribution in [2.24, 2.45) is 11.8 Å². The molecule has 0 saturated carbocycles. The van der Waals surface area contributed by atoms with E-state index in [2.05, 4.69) is 10.6 Å². The zero-order chi connectivity index (χ0) is 25.8. The van der Waals surface area contributed by atoms with Gasteiger partial charge >= 0.3 is 0 Å². The summed E-state index contributed by atoms with van der Waals surface area (Å²) in [5, 5.41) is 5.88. The van der Waals surface area contributed by atoms with Crippen molar-refractivity contribution in [1.82, 2.24) is 15.5 Å². The Balaban J connectivity index is 1.96. The van der Waals surface area contributed by atoms with Crippen molar-refractivity contribution in [2.45, 2.75) is 84.1 Å². The van der Waals surface area contributed by atoms with Gasteiger partial charge in [-0.1, -0.05) is 33.6 Å². The highest BCUT2D eigenvalue weighted by molar-refractivity contribution is 7.99. The summed E-state index contributed by atoms with van der Waals surface area (Å²) in [5.41, 5.74) is 0. The number of furan rings is 1. The Bertz CT molecular complexity index is 819. The van der Waals surface area contributed by atoms with Gasteiger partial charge in [0.15, 0.2) is 5.78 Å². The van der Waals surface area contributed by atoms with E-state index in [-0.39, 0.29) is 41.1 Å². The van der Waals surface area contributed by atoms with Crippen LogP contribution in [0.15, 0.2) is 22.8 Å². The van der Waals surface area contributed by atoms with Gasteiger partial charge in [-0.2, -0.15) is 0 Å². The van der Waals surface area contributed by atoms with Crippen LogP contribution < -0.4 is 10.6 Å². The van der Waals surface area contributed by atoms with Crippen LogP contribution in [0.3, 0.4) is 0 Å². The molecule has 2 heterocycles. The predicted molar refractivity (Wildman–Crippen MR) is 138 cm³/mol. The Labute approximate surface area is 213 Å². The third-order valence-corrected chi connectivity index (χ3v) is 7.25. The molecule has 2 atom stereocenters. The fraction of sp³-hybridized carbons (Fsp3) is 0.692. The largest absolute Gasteiger partial charge is 0.468 e. The Morgan fingerprint density at radius 1 is 1.14 bits per heavy atom. The molecule has 196 valence electrons. The molecule has 9 heteroatoms. The minimum Gasteiger partial charge on any atom is -0.468 e. The van der Waals surface area contributed by atoms with Gasteiger partial charge in [-0.15, -0.1) is 11.8 Å². The minimum atomic E-state index is -0.693. The average Bonchev–Trinajstić information content (AvgIpc) is 3.34. The molecule has 1 fully saturated rings. The molecular formula is C26H41N3O5S. The number of rotatable bonds is 14. The van der Waals surface area contributed by atoms with Gasteiger partial charge in [0.1, 0.15) is 11.8 Å². The summed E-state index contributed by atoms with van der Waals surface area (Å²) < 4.78 is 5.32. The van der Waals surface area contributed by atoms with E-state index in [0.29, 0.717) is 44.5 Å². The highest BCUT2D eigenvalue weighted by Crippen LogP contribution is 2.19. The lowest BCUT2D eigenvalue weighted by molar-refractivity contribution is -0.136. The van der Waals surface area contributed by atoms with Gasteiger partial charge in [0.25, 0.3) is 0 Å². The Hall–Kier alpha value is -2.29. The second kappa shape index (κ2) is 15.0.